The van der Waals surface area contributed by atoms with Gasteiger partial charge in [-0.05, 0) is 77.0 Å². The lowest BCUT2D eigenvalue weighted by Crippen LogP contribution is -2.29. The quantitative estimate of drug-likeness (QED) is 0.0272. The summed E-state index contributed by atoms with van der Waals surface area (Å²) in [7, 11) is -4.39. The SMILES string of the molecule is CC/C=C\C/C=C\C/C=C\C/C=C\CCCCCCC(=O)OC(COC(=O)CCCCCCC/C=C\CCCCCCCC)COP(=O)(O)OCCN. The van der Waals surface area contributed by atoms with Gasteiger partial charge in [0.2, 0.25) is 0 Å². The van der Waals surface area contributed by atoms with Crippen molar-refractivity contribution >= 4 is 19.8 Å². The molecule has 10 heteroatoms. The predicted molar refractivity (Wildman–Crippen MR) is 219 cm³/mol. The number of ether oxygens (including phenoxy) is 2. The number of rotatable bonds is 38. The van der Waals surface area contributed by atoms with Crippen molar-refractivity contribution in [1.29, 1.82) is 0 Å². The van der Waals surface area contributed by atoms with Crippen LogP contribution in [0.15, 0.2) is 60.8 Å². The zero-order valence-electron chi connectivity index (χ0n) is 33.5. The van der Waals surface area contributed by atoms with Crippen LogP contribution in [0.3, 0.4) is 0 Å². The Bertz CT molecular complexity index is 1050. The first kappa shape index (κ1) is 50.7. The van der Waals surface area contributed by atoms with Crippen LogP contribution in [0, 0.1) is 0 Å². The molecule has 3 N–H and O–H groups in total. The smallest absolute Gasteiger partial charge is 0.462 e. The Morgan fingerprint density at radius 2 is 1.04 bits per heavy atom. The zero-order chi connectivity index (χ0) is 38.9. The second-order valence-corrected chi connectivity index (χ2v) is 14.9. The highest BCUT2D eigenvalue weighted by molar-refractivity contribution is 7.47. The maximum atomic E-state index is 12.6. The number of carbonyl (C=O) groups excluding carboxylic acids is 2. The number of phosphoric acid groups is 1. The van der Waals surface area contributed by atoms with Crippen LogP contribution in [0.1, 0.15) is 168 Å². The number of hydrogen-bond acceptors (Lipinski definition) is 8. The Hall–Kier alpha value is -2.29. The highest BCUT2D eigenvalue weighted by atomic mass is 31.2. The fourth-order valence-corrected chi connectivity index (χ4v) is 6.09. The molecule has 53 heavy (non-hydrogen) atoms. The summed E-state index contributed by atoms with van der Waals surface area (Å²) < 4.78 is 32.7. The minimum Gasteiger partial charge on any atom is -0.462 e. The number of nitrogens with two attached hydrogens (primary N) is 1. The molecular formula is C43H76NO8P. The number of hydrogen-bond donors (Lipinski definition) is 2. The fraction of sp³-hybridized carbons (Fsp3) is 0.721. The lowest BCUT2D eigenvalue weighted by atomic mass is 10.1. The van der Waals surface area contributed by atoms with E-state index in [0.29, 0.717) is 12.8 Å². The molecule has 0 rings (SSSR count). The van der Waals surface area contributed by atoms with Gasteiger partial charge in [-0.15, -0.1) is 0 Å². The Labute approximate surface area is 323 Å². The van der Waals surface area contributed by atoms with E-state index in [1.807, 2.05) is 0 Å². The largest absolute Gasteiger partial charge is 0.472 e. The maximum absolute atomic E-state index is 12.6. The lowest BCUT2D eigenvalue weighted by molar-refractivity contribution is -0.161. The van der Waals surface area contributed by atoms with Crippen LogP contribution in [-0.2, 0) is 32.7 Å². The minimum absolute atomic E-state index is 0.0454. The van der Waals surface area contributed by atoms with Crippen LogP contribution in [0.2, 0.25) is 0 Å². The van der Waals surface area contributed by atoms with E-state index < -0.39 is 32.5 Å². The fourth-order valence-electron chi connectivity index (χ4n) is 5.32. The van der Waals surface area contributed by atoms with Crippen LogP contribution < -0.4 is 5.73 Å². The molecule has 0 amide bonds. The van der Waals surface area contributed by atoms with Crippen LogP contribution in [0.4, 0.5) is 0 Å². The second-order valence-electron chi connectivity index (χ2n) is 13.5. The number of esters is 2. The predicted octanol–water partition coefficient (Wildman–Crippen LogP) is 11.7. The first-order chi connectivity index (χ1) is 25.8. The van der Waals surface area contributed by atoms with Crippen molar-refractivity contribution < 1.29 is 37.6 Å². The van der Waals surface area contributed by atoms with Gasteiger partial charge in [-0.3, -0.25) is 18.6 Å². The number of allylic oxidation sites excluding steroid dienone is 10. The molecule has 0 aromatic rings. The number of carbonyl (C=O) groups is 2. The summed E-state index contributed by atoms with van der Waals surface area (Å²) in [6.45, 7) is 3.56. The van der Waals surface area contributed by atoms with E-state index in [2.05, 4.69) is 74.6 Å². The molecule has 0 bridgehead atoms. The third-order valence-electron chi connectivity index (χ3n) is 8.39. The van der Waals surface area contributed by atoms with Crippen molar-refractivity contribution in [2.24, 2.45) is 5.73 Å². The summed E-state index contributed by atoms with van der Waals surface area (Å²) in [6.07, 6.45) is 45.3. The Morgan fingerprint density at radius 1 is 0.585 bits per heavy atom. The summed E-state index contributed by atoms with van der Waals surface area (Å²) in [5.74, 6) is -0.870. The van der Waals surface area contributed by atoms with Crippen molar-refractivity contribution in [2.75, 3.05) is 26.4 Å². The average molecular weight is 766 g/mol. The molecular weight excluding hydrogens is 689 g/mol. The Morgan fingerprint density at radius 3 is 1.57 bits per heavy atom. The third kappa shape index (κ3) is 39.2. The Kier molecular flexibility index (Phi) is 37.7. The summed E-state index contributed by atoms with van der Waals surface area (Å²) >= 11 is 0. The highest BCUT2D eigenvalue weighted by Gasteiger charge is 2.25. The molecule has 0 aromatic carbocycles. The highest BCUT2D eigenvalue weighted by Crippen LogP contribution is 2.43. The molecule has 0 aliphatic rings. The van der Waals surface area contributed by atoms with E-state index in [-0.39, 0.29) is 32.6 Å². The molecule has 2 unspecified atom stereocenters. The van der Waals surface area contributed by atoms with Crippen LogP contribution in [-0.4, -0.2) is 49.3 Å². The van der Waals surface area contributed by atoms with E-state index in [1.165, 1.54) is 44.9 Å². The first-order valence-electron chi connectivity index (χ1n) is 20.8. The average Bonchev–Trinajstić information content (AvgIpc) is 3.14. The molecule has 0 aliphatic heterocycles. The topological polar surface area (TPSA) is 134 Å². The van der Waals surface area contributed by atoms with Gasteiger partial charge in [0.15, 0.2) is 6.10 Å². The lowest BCUT2D eigenvalue weighted by Gasteiger charge is -2.19. The monoisotopic (exact) mass is 766 g/mol. The van der Waals surface area contributed by atoms with E-state index in [9.17, 15) is 19.0 Å². The Balaban J connectivity index is 4.25. The van der Waals surface area contributed by atoms with E-state index in [4.69, 9.17) is 24.3 Å². The molecule has 0 saturated heterocycles. The molecule has 306 valence electrons. The van der Waals surface area contributed by atoms with Crippen molar-refractivity contribution in [2.45, 2.75) is 174 Å². The third-order valence-corrected chi connectivity index (χ3v) is 9.37. The summed E-state index contributed by atoms with van der Waals surface area (Å²) in [5.41, 5.74) is 5.34. The van der Waals surface area contributed by atoms with Gasteiger partial charge in [0, 0.05) is 19.4 Å². The van der Waals surface area contributed by atoms with E-state index >= 15 is 0 Å². The van der Waals surface area contributed by atoms with Gasteiger partial charge in [0.25, 0.3) is 0 Å². The molecule has 9 nitrogen and oxygen atoms in total. The molecule has 0 aromatic heterocycles. The molecule has 0 aliphatic carbocycles. The molecule has 0 radical (unpaired) electrons. The van der Waals surface area contributed by atoms with Crippen LogP contribution >= 0.6 is 7.82 Å². The normalized spacial score (nSPS) is 14.0. The zero-order valence-corrected chi connectivity index (χ0v) is 34.4. The molecule has 0 heterocycles. The first-order valence-corrected chi connectivity index (χ1v) is 22.3. The summed E-state index contributed by atoms with van der Waals surface area (Å²) in [5, 5.41) is 0. The van der Waals surface area contributed by atoms with Gasteiger partial charge in [0.05, 0.1) is 13.2 Å². The van der Waals surface area contributed by atoms with Crippen molar-refractivity contribution in [1.82, 2.24) is 0 Å². The number of phosphoric ester groups is 1. The van der Waals surface area contributed by atoms with E-state index in [0.717, 1.165) is 83.5 Å². The standard InChI is InChI=1S/C43H76NO8P/c1-3-5-7-9-11-13-15-17-19-20-22-24-26-28-30-32-34-36-43(46)52-41(40-51-53(47,48)50-38-37-44)39-49-42(45)35-33-31-29-27-25-23-21-18-16-14-12-10-8-6-4-2/h5,7,11,13,17-19,21-22,24,41H,3-4,6,8-10,12,14-16,20,23,25-40,44H2,1-2H3,(H,47,48)/b7-5-,13-11-,19-17-,21-18-,24-22-. The maximum Gasteiger partial charge on any atom is 0.472 e. The van der Waals surface area contributed by atoms with Crippen molar-refractivity contribution in [3.8, 4) is 0 Å². The van der Waals surface area contributed by atoms with Crippen molar-refractivity contribution in [3.05, 3.63) is 60.8 Å². The van der Waals surface area contributed by atoms with Gasteiger partial charge in [-0.1, -0.05) is 139 Å². The minimum atomic E-state index is -4.39. The van der Waals surface area contributed by atoms with Gasteiger partial charge < -0.3 is 20.1 Å². The second kappa shape index (κ2) is 39.4. The molecule has 0 spiro atoms. The molecule has 2 atom stereocenters. The van der Waals surface area contributed by atoms with Gasteiger partial charge in [-0.25, -0.2) is 4.57 Å². The van der Waals surface area contributed by atoms with Gasteiger partial charge in [-0.2, -0.15) is 0 Å². The van der Waals surface area contributed by atoms with Crippen LogP contribution in [0.5, 0.6) is 0 Å². The van der Waals surface area contributed by atoms with Crippen LogP contribution in [0.25, 0.3) is 0 Å². The van der Waals surface area contributed by atoms with Gasteiger partial charge >= 0.3 is 19.8 Å². The molecule has 0 fully saturated rings. The van der Waals surface area contributed by atoms with Crippen molar-refractivity contribution in [3.63, 3.8) is 0 Å². The summed E-state index contributed by atoms with van der Waals surface area (Å²) in [4.78, 5) is 34.8. The molecule has 0 saturated carbocycles. The van der Waals surface area contributed by atoms with Gasteiger partial charge in [0.1, 0.15) is 6.61 Å². The summed E-state index contributed by atoms with van der Waals surface area (Å²) in [6, 6.07) is 0. The van der Waals surface area contributed by atoms with E-state index in [1.54, 1.807) is 0 Å². The number of unbranched alkanes of at least 4 members (excludes halogenated alkanes) is 15.